The highest BCUT2D eigenvalue weighted by atomic mass is 19.1. The van der Waals surface area contributed by atoms with Gasteiger partial charge in [0.15, 0.2) is 0 Å². The molecule has 0 saturated carbocycles. The summed E-state index contributed by atoms with van der Waals surface area (Å²) in [6.45, 7) is 6.67. The summed E-state index contributed by atoms with van der Waals surface area (Å²) in [6.07, 6.45) is 1.63. The fraction of sp³-hybridized carbons (Fsp3) is 0.320. The lowest BCUT2D eigenvalue weighted by Crippen LogP contribution is -2.49. The number of benzene rings is 2. The van der Waals surface area contributed by atoms with Gasteiger partial charge in [-0.3, -0.25) is 4.79 Å². The Morgan fingerprint density at radius 2 is 1.65 bits per heavy atom. The molecule has 0 radical (unpaired) electrons. The fourth-order valence-electron chi connectivity index (χ4n) is 4.07. The molecule has 2 heterocycles. The average molecular weight is 419 g/mol. The molecule has 1 aromatic heterocycles. The Balaban J connectivity index is 1.54. The Hall–Kier alpha value is -3.28. The van der Waals surface area contributed by atoms with E-state index in [4.69, 9.17) is 9.97 Å². The van der Waals surface area contributed by atoms with Crippen molar-refractivity contribution < 1.29 is 9.18 Å². The molecule has 160 valence electrons. The Labute approximate surface area is 182 Å². The Kier molecular flexibility index (Phi) is 6.26. The van der Waals surface area contributed by atoms with E-state index in [0.29, 0.717) is 31.7 Å². The van der Waals surface area contributed by atoms with Gasteiger partial charge in [-0.25, -0.2) is 14.4 Å². The van der Waals surface area contributed by atoms with E-state index in [9.17, 15) is 9.18 Å². The Morgan fingerprint density at radius 1 is 0.968 bits per heavy atom. The molecule has 0 unspecified atom stereocenters. The van der Waals surface area contributed by atoms with E-state index in [1.807, 2.05) is 17.9 Å². The summed E-state index contributed by atoms with van der Waals surface area (Å²) < 4.78 is 13.2. The van der Waals surface area contributed by atoms with Gasteiger partial charge in [-0.15, -0.1) is 0 Å². The number of hydrogen-bond donors (Lipinski definition) is 0. The Morgan fingerprint density at radius 3 is 2.29 bits per heavy atom. The smallest absolute Gasteiger partial charge is 0.253 e. The molecular weight excluding hydrogens is 391 g/mol. The molecule has 31 heavy (non-hydrogen) atoms. The molecule has 0 spiro atoms. The van der Waals surface area contributed by atoms with Crippen LogP contribution in [0.25, 0.3) is 0 Å². The number of nitrogens with zero attached hydrogens (tertiary/aromatic N) is 4. The highest BCUT2D eigenvalue weighted by Gasteiger charge is 2.25. The van der Waals surface area contributed by atoms with Crippen molar-refractivity contribution in [1.29, 1.82) is 0 Å². The number of amides is 1. The van der Waals surface area contributed by atoms with E-state index in [1.54, 1.807) is 12.1 Å². The molecule has 5 nitrogen and oxygen atoms in total. The Bertz CT molecular complexity index is 1050. The van der Waals surface area contributed by atoms with Crippen molar-refractivity contribution in [2.24, 2.45) is 0 Å². The van der Waals surface area contributed by atoms with Crippen LogP contribution in [0.3, 0.4) is 0 Å². The quantitative estimate of drug-likeness (QED) is 0.628. The van der Waals surface area contributed by atoms with Crippen molar-refractivity contribution >= 4 is 11.7 Å². The third kappa shape index (κ3) is 4.74. The zero-order valence-electron chi connectivity index (χ0n) is 18.0. The first-order valence-electron chi connectivity index (χ1n) is 10.7. The van der Waals surface area contributed by atoms with Crippen molar-refractivity contribution in [3.63, 3.8) is 0 Å². The second kappa shape index (κ2) is 9.25. The third-order valence-electron chi connectivity index (χ3n) is 5.70. The summed E-state index contributed by atoms with van der Waals surface area (Å²) in [5.74, 6) is 1.35. The first-order valence-corrected chi connectivity index (χ1v) is 10.7. The molecule has 6 heteroatoms. The van der Waals surface area contributed by atoms with Crippen molar-refractivity contribution in [3.05, 3.63) is 88.6 Å². The van der Waals surface area contributed by atoms with E-state index >= 15 is 0 Å². The number of hydrogen-bond acceptors (Lipinski definition) is 4. The minimum absolute atomic E-state index is 0.0581. The molecule has 1 aliphatic rings. The van der Waals surface area contributed by atoms with E-state index < -0.39 is 0 Å². The van der Waals surface area contributed by atoms with Crippen LogP contribution < -0.4 is 4.90 Å². The predicted octanol–water partition coefficient (Wildman–Crippen LogP) is 4.04. The highest BCUT2D eigenvalue weighted by molar-refractivity contribution is 5.94. The lowest BCUT2D eigenvalue weighted by molar-refractivity contribution is 0.0746. The molecule has 1 fully saturated rings. The molecule has 1 aliphatic heterocycles. The number of aryl methyl sites for hydroxylation is 2. The van der Waals surface area contributed by atoms with Gasteiger partial charge in [0.25, 0.3) is 5.91 Å². The molecule has 0 bridgehead atoms. The van der Waals surface area contributed by atoms with Gasteiger partial charge >= 0.3 is 0 Å². The van der Waals surface area contributed by atoms with Crippen LogP contribution in [0.15, 0.2) is 54.6 Å². The normalized spacial score (nSPS) is 14.0. The van der Waals surface area contributed by atoms with Crippen LogP contribution in [0.2, 0.25) is 0 Å². The molecule has 1 amide bonds. The van der Waals surface area contributed by atoms with Gasteiger partial charge in [-0.1, -0.05) is 37.3 Å². The SMILES string of the molecule is CCc1nc(C)nc(N2CCN(C(=O)c3ccc(F)cc3)CC2)c1Cc1ccccc1. The summed E-state index contributed by atoms with van der Waals surface area (Å²) in [5, 5.41) is 0. The maximum Gasteiger partial charge on any atom is 0.253 e. The summed E-state index contributed by atoms with van der Waals surface area (Å²) in [5.41, 5.74) is 4.00. The summed E-state index contributed by atoms with van der Waals surface area (Å²) in [4.78, 5) is 26.4. The van der Waals surface area contributed by atoms with E-state index in [1.165, 1.54) is 17.7 Å². The summed E-state index contributed by atoms with van der Waals surface area (Å²) >= 11 is 0. The molecule has 0 N–H and O–H groups in total. The van der Waals surface area contributed by atoms with Gasteiger partial charge in [0.2, 0.25) is 0 Å². The molecule has 1 saturated heterocycles. The van der Waals surface area contributed by atoms with Crippen LogP contribution in [-0.2, 0) is 12.8 Å². The number of piperazine rings is 1. The molecule has 3 aromatic rings. The number of carbonyl (C=O) groups is 1. The predicted molar refractivity (Wildman–Crippen MR) is 120 cm³/mol. The molecule has 0 atom stereocenters. The number of rotatable bonds is 5. The van der Waals surface area contributed by atoms with Crippen LogP contribution in [0.5, 0.6) is 0 Å². The molecule has 4 rings (SSSR count). The molecular formula is C25H27FN4O. The average Bonchev–Trinajstić information content (AvgIpc) is 2.81. The van der Waals surface area contributed by atoms with Crippen molar-refractivity contribution in [2.45, 2.75) is 26.7 Å². The monoisotopic (exact) mass is 418 g/mol. The zero-order chi connectivity index (χ0) is 21.8. The first-order chi connectivity index (χ1) is 15.0. The summed E-state index contributed by atoms with van der Waals surface area (Å²) in [6, 6.07) is 16.1. The van der Waals surface area contributed by atoms with Crippen molar-refractivity contribution in [1.82, 2.24) is 14.9 Å². The standard InChI is InChI=1S/C25H27FN4O/c1-3-23-22(17-19-7-5-4-6-8-19)24(28-18(2)27-23)29-13-15-30(16-14-29)25(31)20-9-11-21(26)12-10-20/h4-12H,3,13-17H2,1-2H3. The number of halogens is 1. The van der Waals surface area contributed by atoms with Gasteiger partial charge in [-0.05, 0) is 43.2 Å². The van der Waals surface area contributed by atoms with E-state index in [2.05, 4.69) is 36.1 Å². The van der Waals surface area contributed by atoms with Crippen LogP contribution >= 0.6 is 0 Å². The fourth-order valence-corrected chi connectivity index (χ4v) is 4.07. The highest BCUT2D eigenvalue weighted by Crippen LogP contribution is 2.26. The number of anilines is 1. The largest absolute Gasteiger partial charge is 0.353 e. The van der Waals surface area contributed by atoms with Gasteiger partial charge in [0.1, 0.15) is 17.5 Å². The second-order valence-electron chi connectivity index (χ2n) is 7.82. The van der Waals surface area contributed by atoms with Gasteiger partial charge in [0, 0.05) is 49.4 Å². The van der Waals surface area contributed by atoms with Crippen LogP contribution in [-0.4, -0.2) is 47.0 Å². The van der Waals surface area contributed by atoms with Crippen LogP contribution in [0, 0.1) is 12.7 Å². The number of carbonyl (C=O) groups excluding carboxylic acids is 1. The third-order valence-corrected chi connectivity index (χ3v) is 5.70. The van der Waals surface area contributed by atoms with Crippen LogP contribution in [0.1, 0.15) is 39.9 Å². The number of aromatic nitrogens is 2. The van der Waals surface area contributed by atoms with Gasteiger partial charge < -0.3 is 9.80 Å². The second-order valence-corrected chi connectivity index (χ2v) is 7.82. The zero-order valence-corrected chi connectivity index (χ0v) is 18.0. The lowest BCUT2D eigenvalue weighted by Gasteiger charge is -2.36. The maximum atomic E-state index is 13.2. The maximum absolute atomic E-state index is 13.2. The first kappa shape index (κ1) is 21.0. The minimum Gasteiger partial charge on any atom is -0.353 e. The van der Waals surface area contributed by atoms with Crippen molar-refractivity contribution in [3.8, 4) is 0 Å². The molecule has 0 aliphatic carbocycles. The molecule has 2 aromatic carbocycles. The van der Waals surface area contributed by atoms with Crippen molar-refractivity contribution in [2.75, 3.05) is 31.1 Å². The summed E-state index contributed by atoms with van der Waals surface area (Å²) in [7, 11) is 0. The van der Waals surface area contributed by atoms with Gasteiger partial charge in [-0.2, -0.15) is 0 Å². The van der Waals surface area contributed by atoms with E-state index in [-0.39, 0.29) is 11.7 Å². The van der Waals surface area contributed by atoms with E-state index in [0.717, 1.165) is 35.7 Å². The minimum atomic E-state index is -0.335. The lowest BCUT2D eigenvalue weighted by atomic mass is 10.0. The van der Waals surface area contributed by atoms with Crippen LogP contribution in [0.4, 0.5) is 10.2 Å². The van der Waals surface area contributed by atoms with Gasteiger partial charge in [0.05, 0.1) is 0 Å². The topological polar surface area (TPSA) is 49.3 Å².